The van der Waals surface area contributed by atoms with Crippen molar-refractivity contribution in [3.05, 3.63) is 39.4 Å². The fourth-order valence-corrected chi connectivity index (χ4v) is 1.53. The fourth-order valence-electron chi connectivity index (χ4n) is 1.53. The molecule has 0 heterocycles. The van der Waals surface area contributed by atoms with Crippen LogP contribution in [0.3, 0.4) is 0 Å². The van der Waals surface area contributed by atoms with Gasteiger partial charge in [0.15, 0.2) is 0 Å². The molecule has 1 rings (SSSR count). The zero-order valence-corrected chi connectivity index (χ0v) is 8.77. The van der Waals surface area contributed by atoms with E-state index < -0.39 is 4.92 Å². The van der Waals surface area contributed by atoms with E-state index in [0.717, 1.165) is 17.4 Å². The number of nitro groups is 1. The van der Waals surface area contributed by atoms with E-state index in [2.05, 4.69) is 0 Å². The molecule has 0 aromatic heterocycles. The second-order valence-electron chi connectivity index (χ2n) is 3.42. The van der Waals surface area contributed by atoms with Crippen LogP contribution in [-0.2, 0) is 11.2 Å². The standard InChI is InChI=1S/C11H13NO3/c1-3-9-6-10(12(14)15)4-5-11(9)8(2)7-13/h4-8H,3H2,1-2H3. The molecule has 1 aromatic rings. The van der Waals surface area contributed by atoms with Crippen molar-refractivity contribution in [3.63, 3.8) is 0 Å². The molecule has 15 heavy (non-hydrogen) atoms. The molecule has 4 heteroatoms. The predicted octanol–water partition coefficient (Wildman–Crippen LogP) is 2.46. The average Bonchev–Trinajstić information content (AvgIpc) is 2.27. The molecule has 80 valence electrons. The predicted molar refractivity (Wildman–Crippen MR) is 57.0 cm³/mol. The Balaban J connectivity index is 3.20. The number of hydrogen-bond donors (Lipinski definition) is 0. The molecule has 0 aliphatic heterocycles. The Morgan fingerprint density at radius 1 is 1.53 bits per heavy atom. The highest BCUT2D eigenvalue weighted by atomic mass is 16.6. The molecule has 1 aromatic carbocycles. The first-order valence-electron chi connectivity index (χ1n) is 4.82. The van der Waals surface area contributed by atoms with Gasteiger partial charge in [-0.15, -0.1) is 0 Å². The quantitative estimate of drug-likeness (QED) is 0.433. The van der Waals surface area contributed by atoms with Crippen molar-refractivity contribution in [1.82, 2.24) is 0 Å². The minimum Gasteiger partial charge on any atom is -0.303 e. The van der Waals surface area contributed by atoms with Gasteiger partial charge in [-0.3, -0.25) is 10.1 Å². The van der Waals surface area contributed by atoms with E-state index in [9.17, 15) is 14.9 Å². The summed E-state index contributed by atoms with van der Waals surface area (Å²) in [5, 5.41) is 10.6. The molecule has 4 nitrogen and oxygen atoms in total. The number of carbonyl (C=O) groups excluding carboxylic acids is 1. The zero-order valence-electron chi connectivity index (χ0n) is 8.77. The molecule has 1 atom stereocenters. The minimum absolute atomic E-state index is 0.0775. The van der Waals surface area contributed by atoms with E-state index in [4.69, 9.17) is 0 Å². The Bertz CT molecular complexity index is 387. The molecule has 0 aliphatic carbocycles. The molecule has 0 spiro atoms. The molecule has 0 saturated carbocycles. The Morgan fingerprint density at radius 3 is 2.67 bits per heavy atom. The molecule has 1 unspecified atom stereocenters. The second-order valence-corrected chi connectivity index (χ2v) is 3.42. The van der Waals surface area contributed by atoms with Gasteiger partial charge < -0.3 is 4.79 Å². The SMILES string of the molecule is CCc1cc([N+](=O)[O-])ccc1C(C)C=O. The lowest BCUT2D eigenvalue weighted by Crippen LogP contribution is -2.01. The Labute approximate surface area is 88.1 Å². The van der Waals surface area contributed by atoms with E-state index in [1.165, 1.54) is 12.1 Å². The van der Waals surface area contributed by atoms with Crippen LogP contribution in [0.5, 0.6) is 0 Å². The van der Waals surface area contributed by atoms with Gasteiger partial charge in [0, 0.05) is 18.1 Å². The first kappa shape index (κ1) is 11.4. The molecule has 0 saturated heterocycles. The average molecular weight is 207 g/mol. The Kier molecular flexibility index (Phi) is 3.55. The maximum atomic E-state index is 10.7. The highest BCUT2D eigenvalue weighted by molar-refractivity contribution is 5.63. The fraction of sp³-hybridized carbons (Fsp3) is 0.364. The topological polar surface area (TPSA) is 60.2 Å². The minimum atomic E-state index is -0.422. The number of nitrogens with zero attached hydrogens (tertiary/aromatic N) is 1. The molecule has 0 bridgehead atoms. The first-order chi connectivity index (χ1) is 7.10. The summed E-state index contributed by atoms with van der Waals surface area (Å²) in [6.45, 7) is 3.70. The highest BCUT2D eigenvalue weighted by Crippen LogP contribution is 2.23. The number of hydrogen-bond acceptors (Lipinski definition) is 3. The number of rotatable bonds is 4. The van der Waals surface area contributed by atoms with Crippen molar-refractivity contribution >= 4 is 12.0 Å². The maximum Gasteiger partial charge on any atom is 0.269 e. The third kappa shape index (κ3) is 2.40. The number of benzene rings is 1. The number of carbonyl (C=O) groups is 1. The van der Waals surface area contributed by atoms with E-state index >= 15 is 0 Å². The number of aldehydes is 1. The van der Waals surface area contributed by atoms with Crippen molar-refractivity contribution in [2.45, 2.75) is 26.2 Å². The van der Waals surface area contributed by atoms with Gasteiger partial charge in [-0.2, -0.15) is 0 Å². The van der Waals surface area contributed by atoms with Crippen LogP contribution in [0, 0.1) is 10.1 Å². The zero-order chi connectivity index (χ0) is 11.4. The van der Waals surface area contributed by atoms with Crippen molar-refractivity contribution in [2.75, 3.05) is 0 Å². The van der Waals surface area contributed by atoms with Crippen LogP contribution in [-0.4, -0.2) is 11.2 Å². The van der Waals surface area contributed by atoms with Crippen molar-refractivity contribution in [1.29, 1.82) is 0 Å². The molecule has 0 N–H and O–H groups in total. The summed E-state index contributed by atoms with van der Waals surface area (Å²) in [4.78, 5) is 20.8. The van der Waals surface area contributed by atoms with Crippen molar-refractivity contribution in [3.8, 4) is 0 Å². The van der Waals surface area contributed by atoms with Gasteiger partial charge in [-0.1, -0.05) is 19.9 Å². The van der Waals surface area contributed by atoms with Crippen LogP contribution in [0.2, 0.25) is 0 Å². The van der Waals surface area contributed by atoms with Gasteiger partial charge in [0.05, 0.1) is 4.92 Å². The largest absolute Gasteiger partial charge is 0.303 e. The molecular formula is C11H13NO3. The van der Waals surface area contributed by atoms with Gasteiger partial charge in [-0.25, -0.2) is 0 Å². The van der Waals surface area contributed by atoms with Crippen LogP contribution in [0.25, 0.3) is 0 Å². The van der Waals surface area contributed by atoms with E-state index in [1.54, 1.807) is 13.0 Å². The van der Waals surface area contributed by atoms with Crippen LogP contribution >= 0.6 is 0 Å². The smallest absolute Gasteiger partial charge is 0.269 e. The summed E-state index contributed by atoms with van der Waals surface area (Å²) < 4.78 is 0. The molecular weight excluding hydrogens is 194 g/mol. The number of aryl methyl sites for hydroxylation is 1. The Morgan fingerprint density at radius 2 is 2.20 bits per heavy atom. The Hall–Kier alpha value is -1.71. The van der Waals surface area contributed by atoms with E-state index in [-0.39, 0.29) is 11.6 Å². The van der Waals surface area contributed by atoms with Gasteiger partial charge >= 0.3 is 0 Å². The lowest BCUT2D eigenvalue weighted by Gasteiger charge is -2.09. The lowest BCUT2D eigenvalue weighted by molar-refractivity contribution is -0.384. The molecule has 0 aliphatic rings. The van der Waals surface area contributed by atoms with Gasteiger partial charge in [0.25, 0.3) is 5.69 Å². The summed E-state index contributed by atoms with van der Waals surface area (Å²) in [7, 11) is 0. The first-order valence-corrected chi connectivity index (χ1v) is 4.82. The van der Waals surface area contributed by atoms with Crippen LogP contribution < -0.4 is 0 Å². The highest BCUT2D eigenvalue weighted by Gasteiger charge is 2.13. The summed E-state index contributed by atoms with van der Waals surface area (Å²) in [5.74, 6) is -0.208. The molecule has 0 radical (unpaired) electrons. The third-order valence-corrected chi connectivity index (χ3v) is 2.41. The summed E-state index contributed by atoms with van der Waals surface area (Å²) in [6, 6.07) is 4.64. The number of nitro benzene ring substituents is 1. The second kappa shape index (κ2) is 4.68. The number of non-ortho nitro benzene ring substituents is 1. The maximum absolute atomic E-state index is 10.7. The van der Waals surface area contributed by atoms with E-state index in [1.807, 2.05) is 6.92 Å². The van der Waals surface area contributed by atoms with Crippen molar-refractivity contribution < 1.29 is 9.72 Å². The van der Waals surface area contributed by atoms with Crippen molar-refractivity contribution in [2.24, 2.45) is 0 Å². The summed E-state index contributed by atoms with van der Waals surface area (Å²) >= 11 is 0. The third-order valence-electron chi connectivity index (χ3n) is 2.41. The molecule has 0 fully saturated rings. The van der Waals surface area contributed by atoms with Crippen LogP contribution in [0.4, 0.5) is 5.69 Å². The van der Waals surface area contributed by atoms with Gasteiger partial charge in [0.1, 0.15) is 6.29 Å². The molecule has 0 amide bonds. The lowest BCUT2D eigenvalue weighted by atomic mass is 9.95. The van der Waals surface area contributed by atoms with Crippen LogP contribution in [0.15, 0.2) is 18.2 Å². The van der Waals surface area contributed by atoms with Gasteiger partial charge in [-0.05, 0) is 17.5 Å². The van der Waals surface area contributed by atoms with Crippen LogP contribution in [0.1, 0.15) is 30.9 Å². The summed E-state index contributed by atoms with van der Waals surface area (Å²) in [6.07, 6.45) is 1.54. The summed E-state index contributed by atoms with van der Waals surface area (Å²) in [5.41, 5.74) is 1.82. The monoisotopic (exact) mass is 207 g/mol. The normalized spacial score (nSPS) is 12.1. The van der Waals surface area contributed by atoms with Gasteiger partial charge in [0.2, 0.25) is 0 Å². The van der Waals surface area contributed by atoms with E-state index in [0.29, 0.717) is 6.42 Å².